The summed E-state index contributed by atoms with van der Waals surface area (Å²) < 4.78 is 19.0. The number of likely N-dealkylation sites (tertiary alicyclic amines) is 1. The predicted octanol–water partition coefficient (Wildman–Crippen LogP) is 4.22. The number of H-pyrrole nitrogens is 1. The van der Waals surface area contributed by atoms with Crippen LogP contribution in [0.1, 0.15) is 42.1 Å². The standard InChI is InChI=1S/C23H25FN4O2/c1-15-13-25-9-8-17(15)18-14-26-27-23(18)20-5-3-4-10-28(20)22(29)12-16-6-7-21(30-2)19(24)11-16/h6-9,11,13-14,20H,3-5,10,12H2,1-2H3,(H,26,27). The number of aromatic nitrogens is 3. The molecule has 0 saturated carbocycles. The molecule has 1 N–H and O–H groups in total. The minimum absolute atomic E-state index is 0.0173. The van der Waals surface area contributed by atoms with Crippen molar-refractivity contribution in [3.8, 4) is 16.9 Å². The van der Waals surface area contributed by atoms with Gasteiger partial charge in [-0.15, -0.1) is 0 Å². The molecule has 7 heteroatoms. The molecule has 156 valence electrons. The maximum Gasteiger partial charge on any atom is 0.227 e. The van der Waals surface area contributed by atoms with Crippen molar-refractivity contribution in [2.45, 2.75) is 38.6 Å². The van der Waals surface area contributed by atoms with Gasteiger partial charge in [0, 0.05) is 24.5 Å². The van der Waals surface area contributed by atoms with Gasteiger partial charge in [0.25, 0.3) is 0 Å². The Morgan fingerprint density at radius 1 is 1.27 bits per heavy atom. The van der Waals surface area contributed by atoms with Gasteiger partial charge < -0.3 is 9.64 Å². The zero-order valence-electron chi connectivity index (χ0n) is 17.2. The summed E-state index contributed by atoms with van der Waals surface area (Å²) in [5.74, 6) is -0.296. The van der Waals surface area contributed by atoms with Gasteiger partial charge in [-0.25, -0.2) is 4.39 Å². The molecule has 3 heterocycles. The number of piperidine rings is 1. The number of carbonyl (C=O) groups is 1. The van der Waals surface area contributed by atoms with Crippen LogP contribution in [0.15, 0.2) is 42.9 Å². The summed E-state index contributed by atoms with van der Waals surface area (Å²) in [6.07, 6.45) is 8.41. The third-order valence-electron chi connectivity index (χ3n) is 5.71. The van der Waals surface area contributed by atoms with E-state index in [-0.39, 0.29) is 24.1 Å². The Bertz CT molecular complexity index is 1050. The van der Waals surface area contributed by atoms with Crippen LogP contribution in [0.2, 0.25) is 0 Å². The first-order valence-corrected chi connectivity index (χ1v) is 10.1. The summed E-state index contributed by atoms with van der Waals surface area (Å²) in [6.45, 7) is 2.69. The number of pyridine rings is 1. The zero-order valence-corrected chi connectivity index (χ0v) is 17.2. The Morgan fingerprint density at radius 2 is 2.13 bits per heavy atom. The van der Waals surface area contributed by atoms with E-state index in [0.717, 1.165) is 41.6 Å². The average molecular weight is 408 g/mol. The van der Waals surface area contributed by atoms with Crippen LogP contribution in [-0.2, 0) is 11.2 Å². The molecule has 4 rings (SSSR count). The Kier molecular flexibility index (Phi) is 5.79. The molecular formula is C23H25FN4O2. The van der Waals surface area contributed by atoms with E-state index < -0.39 is 5.82 Å². The first-order chi connectivity index (χ1) is 14.6. The summed E-state index contributed by atoms with van der Waals surface area (Å²) in [7, 11) is 1.42. The lowest BCUT2D eigenvalue weighted by molar-refractivity contribution is -0.134. The van der Waals surface area contributed by atoms with Gasteiger partial charge in [0.05, 0.1) is 31.5 Å². The van der Waals surface area contributed by atoms with Crippen molar-refractivity contribution in [1.82, 2.24) is 20.1 Å². The quantitative estimate of drug-likeness (QED) is 0.686. The minimum atomic E-state index is -0.456. The topological polar surface area (TPSA) is 71.1 Å². The van der Waals surface area contributed by atoms with Gasteiger partial charge in [-0.2, -0.15) is 5.10 Å². The van der Waals surface area contributed by atoms with Crippen molar-refractivity contribution in [2.75, 3.05) is 13.7 Å². The lowest BCUT2D eigenvalue weighted by Crippen LogP contribution is -2.39. The number of carbonyl (C=O) groups excluding carboxylic acids is 1. The van der Waals surface area contributed by atoms with Crippen LogP contribution < -0.4 is 4.74 Å². The van der Waals surface area contributed by atoms with Crippen molar-refractivity contribution >= 4 is 5.91 Å². The Morgan fingerprint density at radius 3 is 2.90 bits per heavy atom. The van der Waals surface area contributed by atoms with E-state index in [1.165, 1.54) is 13.2 Å². The fourth-order valence-electron chi connectivity index (χ4n) is 4.17. The van der Waals surface area contributed by atoms with E-state index >= 15 is 0 Å². The van der Waals surface area contributed by atoms with Gasteiger partial charge in [-0.05, 0) is 61.1 Å². The molecule has 1 amide bonds. The lowest BCUT2D eigenvalue weighted by Gasteiger charge is -2.36. The number of aromatic amines is 1. The van der Waals surface area contributed by atoms with Crippen LogP contribution in [-0.4, -0.2) is 39.6 Å². The molecule has 0 bridgehead atoms. The molecule has 0 aliphatic carbocycles. The van der Waals surface area contributed by atoms with Crippen molar-refractivity contribution in [3.05, 3.63) is 65.5 Å². The number of halogens is 1. The van der Waals surface area contributed by atoms with Crippen LogP contribution in [0.5, 0.6) is 5.75 Å². The van der Waals surface area contributed by atoms with Crippen molar-refractivity contribution < 1.29 is 13.9 Å². The molecule has 1 unspecified atom stereocenters. The third kappa shape index (κ3) is 3.92. The molecule has 1 fully saturated rings. The molecular weight excluding hydrogens is 383 g/mol. The number of aryl methyl sites for hydroxylation is 1. The first kappa shape index (κ1) is 20.1. The number of hydrogen-bond acceptors (Lipinski definition) is 4. The Balaban J connectivity index is 1.60. The zero-order chi connectivity index (χ0) is 21.1. The van der Waals surface area contributed by atoms with E-state index in [4.69, 9.17) is 4.74 Å². The van der Waals surface area contributed by atoms with Crippen LogP contribution in [0.3, 0.4) is 0 Å². The molecule has 2 aromatic heterocycles. The van der Waals surface area contributed by atoms with E-state index in [9.17, 15) is 9.18 Å². The number of benzene rings is 1. The van der Waals surface area contributed by atoms with Gasteiger partial charge in [0.1, 0.15) is 0 Å². The summed E-state index contributed by atoms with van der Waals surface area (Å²) >= 11 is 0. The maximum absolute atomic E-state index is 14.1. The molecule has 1 saturated heterocycles. The molecule has 0 radical (unpaired) electrons. The second kappa shape index (κ2) is 8.65. The second-order valence-corrected chi connectivity index (χ2v) is 7.63. The molecule has 30 heavy (non-hydrogen) atoms. The summed E-state index contributed by atoms with van der Waals surface area (Å²) in [5, 5.41) is 7.41. The third-order valence-corrected chi connectivity index (χ3v) is 5.71. The number of hydrogen-bond donors (Lipinski definition) is 1. The molecule has 1 aliphatic heterocycles. The number of amides is 1. The van der Waals surface area contributed by atoms with E-state index in [1.807, 2.05) is 30.3 Å². The van der Waals surface area contributed by atoms with Crippen LogP contribution >= 0.6 is 0 Å². The average Bonchev–Trinajstić information content (AvgIpc) is 3.23. The van der Waals surface area contributed by atoms with Crippen molar-refractivity contribution in [2.24, 2.45) is 0 Å². The van der Waals surface area contributed by atoms with Crippen LogP contribution in [0.4, 0.5) is 4.39 Å². The Labute approximate surface area is 175 Å². The molecule has 0 spiro atoms. The highest BCUT2D eigenvalue weighted by Crippen LogP contribution is 2.36. The smallest absolute Gasteiger partial charge is 0.227 e. The van der Waals surface area contributed by atoms with Gasteiger partial charge in [-0.1, -0.05) is 6.07 Å². The maximum atomic E-state index is 14.1. The first-order valence-electron chi connectivity index (χ1n) is 10.1. The van der Waals surface area contributed by atoms with Crippen molar-refractivity contribution in [1.29, 1.82) is 0 Å². The van der Waals surface area contributed by atoms with Crippen LogP contribution in [0, 0.1) is 12.7 Å². The number of methoxy groups -OCH3 is 1. The number of rotatable bonds is 5. The van der Waals surface area contributed by atoms with E-state index in [1.54, 1.807) is 18.3 Å². The van der Waals surface area contributed by atoms with E-state index in [2.05, 4.69) is 15.2 Å². The van der Waals surface area contributed by atoms with Crippen molar-refractivity contribution in [3.63, 3.8) is 0 Å². The normalized spacial score (nSPS) is 16.5. The minimum Gasteiger partial charge on any atom is -0.494 e. The number of nitrogens with zero attached hydrogens (tertiary/aromatic N) is 3. The summed E-state index contributed by atoms with van der Waals surface area (Å²) in [4.78, 5) is 19.3. The molecule has 1 aromatic carbocycles. The van der Waals surface area contributed by atoms with E-state index in [0.29, 0.717) is 12.1 Å². The molecule has 1 aliphatic rings. The second-order valence-electron chi connectivity index (χ2n) is 7.63. The van der Waals surface area contributed by atoms with Gasteiger partial charge in [-0.3, -0.25) is 14.9 Å². The fraction of sp³-hybridized carbons (Fsp3) is 0.348. The lowest BCUT2D eigenvalue weighted by atomic mass is 9.93. The molecule has 6 nitrogen and oxygen atoms in total. The van der Waals surface area contributed by atoms with Gasteiger partial charge >= 0.3 is 0 Å². The van der Waals surface area contributed by atoms with Gasteiger partial charge in [0.2, 0.25) is 5.91 Å². The number of ether oxygens (including phenoxy) is 1. The highest BCUT2D eigenvalue weighted by Gasteiger charge is 2.31. The predicted molar refractivity (Wildman–Crippen MR) is 112 cm³/mol. The largest absolute Gasteiger partial charge is 0.494 e. The molecule has 1 atom stereocenters. The number of nitrogens with one attached hydrogen (secondary N) is 1. The summed E-state index contributed by atoms with van der Waals surface area (Å²) in [5.41, 5.74) is 4.69. The van der Waals surface area contributed by atoms with Gasteiger partial charge in [0.15, 0.2) is 11.6 Å². The highest BCUT2D eigenvalue weighted by atomic mass is 19.1. The SMILES string of the molecule is COc1ccc(CC(=O)N2CCCCC2c2[nH]ncc2-c2ccncc2C)cc1F. The van der Waals surface area contributed by atoms with Crippen LogP contribution in [0.25, 0.3) is 11.1 Å². The highest BCUT2D eigenvalue weighted by molar-refractivity contribution is 5.80. The Hall–Kier alpha value is -3.22. The summed E-state index contributed by atoms with van der Waals surface area (Å²) in [6, 6.07) is 6.56. The molecule has 3 aromatic rings. The fourth-order valence-corrected chi connectivity index (χ4v) is 4.17. The monoisotopic (exact) mass is 408 g/mol.